The number of carbonyl (C=O) groups is 1. The van der Waals surface area contributed by atoms with Crippen molar-refractivity contribution in [2.24, 2.45) is 0 Å². The molecule has 0 fully saturated rings. The molecule has 0 aliphatic rings. The maximum absolute atomic E-state index is 11.7. The summed E-state index contributed by atoms with van der Waals surface area (Å²) < 4.78 is 11.1. The van der Waals surface area contributed by atoms with E-state index in [1.807, 2.05) is 6.92 Å². The molecule has 0 saturated heterocycles. The molecule has 1 aromatic rings. The van der Waals surface area contributed by atoms with Crippen molar-refractivity contribution in [3.8, 4) is 0 Å². The number of halogens is 1. The maximum atomic E-state index is 11.7. The van der Waals surface area contributed by atoms with Crippen LogP contribution >= 0.6 is 22.6 Å². The van der Waals surface area contributed by atoms with E-state index < -0.39 is 0 Å². The van der Waals surface area contributed by atoms with E-state index in [-0.39, 0.29) is 12.1 Å². The van der Waals surface area contributed by atoms with Gasteiger partial charge in [-0.2, -0.15) is 0 Å². The predicted octanol–water partition coefficient (Wildman–Crippen LogP) is 2.27. The lowest BCUT2D eigenvalue weighted by Gasteiger charge is -2.12. The number of methoxy groups -OCH3 is 1. The van der Waals surface area contributed by atoms with E-state index in [1.54, 1.807) is 19.4 Å². The summed E-state index contributed by atoms with van der Waals surface area (Å²) in [6, 6.07) is 1.75. The van der Waals surface area contributed by atoms with Crippen LogP contribution < -0.4 is 0 Å². The van der Waals surface area contributed by atoms with Crippen molar-refractivity contribution in [1.29, 1.82) is 0 Å². The van der Waals surface area contributed by atoms with E-state index >= 15 is 0 Å². The van der Waals surface area contributed by atoms with Crippen LogP contribution in [0.25, 0.3) is 0 Å². The molecule has 0 aliphatic heterocycles. The molecule has 0 N–H and O–H groups in total. The van der Waals surface area contributed by atoms with Gasteiger partial charge in [-0.1, -0.05) is 0 Å². The number of hydrogen-bond donors (Lipinski definition) is 0. The Morgan fingerprint density at radius 2 is 2.31 bits per heavy atom. The molecule has 1 atom stereocenters. The summed E-state index contributed by atoms with van der Waals surface area (Å²) in [5.41, 5.74) is 0.483. The molecular weight excluding hydrogens is 321 g/mol. The summed E-state index contributed by atoms with van der Waals surface area (Å²) in [6.45, 7) is 2.43. The maximum Gasteiger partial charge on any atom is 0.340 e. The highest BCUT2D eigenvalue weighted by atomic mass is 127. The molecule has 88 valence electrons. The fraction of sp³-hybridized carbons (Fsp3) is 0.455. The number of pyridine rings is 1. The largest absolute Gasteiger partial charge is 0.459 e. The predicted molar refractivity (Wildman–Crippen MR) is 68.3 cm³/mol. The van der Waals surface area contributed by atoms with Crippen molar-refractivity contribution in [2.45, 2.75) is 19.4 Å². The van der Waals surface area contributed by atoms with Crippen LogP contribution in [0.15, 0.2) is 18.5 Å². The first-order chi connectivity index (χ1) is 7.63. The summed E-state index contributed by atoms with van der Waals surface area (Å²) in [7, 11) is 1.62. The van der Waals surface area contributed by atoms with Crippen molar-refractivity contribution in [2.75, 3.05) is 13.7 Å². The Balaban J connectivity index is 2.52. The van der Waals surface area contributed by atoms with Crippen LogP contribution in [-0.2, 0) is 9.47 Å². The van der Waals surface area contributed by atoms with E-state index in [2.05, 4.69) is 27.6 Å². The third-order valence-corrected chi connectivity index (χ3v) is 2.57. The molecule has 1 aromatic heterocycles. The molecule has 0 saturated carbocycles. The highest BCUT2D eigenvalue weighted by Crippen LogP contribution is 2.09. The summed E-state index contributed by atoms with van der Waals surface area (Å²) >= 11 is 2.10. The number of carbonyl (C=O) groups excluding carboxylic acids is 1. The van der Waals surface area contributed by atoms with Crippen molar-refractivity contribution in [3.63, 3.8) is 0 Å². The van der Waals surface area contributed by atoms with Gasteiger partial charge in [0.05, 0.1) is 5.56 Å². The highest BCUT2D eigenvalue weighted by molar-refractivity contribution is 14.1. The minimum atomic E-state index is -0.338. The molecule has 1 heterocycles. The highest BCUT2D eigenvalue weighted by Gasteiger charge is 2.12. The summed E-state index contributed by atoms with van der Waals surface area (Å²) in [4.78, 5) is 15.6. The zero-order valence-corrected chi connectivity index (χ0v) is 11.4. The standard InChI is InChI=1S/C11H14INO3/c1-8(3-4-15-2)16-11(14)9-5-10(12)7-13-6-9/h5-8H,3-4H2,1-2H3/t8-/m1/s1. The first kappa shape index (κ1) is 13.4. The Kier molecular flexibility index (Phi) is 5.68. The molecule has 5 heteroatoms. The van der Waals surface area contributed by atoms with Gasteiger partial charge in [0.25, 0.3) is 0 Å². The van der Waals surface area contributed by atoms with Crippen LogP contribution in [0.5, 0.6) is 0 Å². The fourth-order valence-corrected chi connectivity index (χ4v) is 1.61. The lowest BCUT2D eigenvalue weighted by molar-refractivity contribution is 0.0266. The number of esters is 1. The van der Waals surface area contributed by atoms with Gasteiger partial charge in [0.1, 0.15) is 6.10 Å². The van der Waals surface area contributed by atoms with E-state index in [1.165, 1.54) is 6.20 Å². The smallest absolute Gasteiger partial charge is 0.340 e. The Morgan fingerprint density at radius 1 is 1.56 bits per heavy atom. The van der Waals surface area contributed by atoms with Gasteiger partial charge in [-0.25, -0.2) is 4.79 Å². The van der Waals surface area contributed by atoms with E-state index in [4.69, 9.17) is 9.47 Å². The molecule has 0 spiro atoms. The number of ether oxygens (including phenoxy) is 2. The number of rotatable bonds is 5. The van der Waals surface area contributed by atoms with Crippen molar-refractivity contribution >= 4 is 28.6 Å². The molecule has 4 nitrogen and oxygen atoms in total. The number of hydrogen-bond acceptors (Lipinski definition) is 4. The Hall–Kier alpha value is -0.690. The topological polar surface area (TPSA) is 48.4 Å². The van der Waals surface area contributed by atoms with Crippen molar-refractivity contribution in [3.05, 3.63) is 27.6 Å². The molecule has 0 amide bonds. The Labute approximate surface area is 108 Å². The van der Waals surface area contributed by atoms with E-state index in [0.29, 0.717) is 18.6 Å². The molecule has 0 bridgehead atoms. The van der Waals surface area contributed by atoms with Gasteiger partial charge < -0.3 is 9.47 Å². The van der Waals surface area contributed by atoms with Gasteiger partial charge in [-0.15, -0.1) is 0 Å². The second-order valence-electron chi connectivity index (χ2n) is 3.39. The van der Waals surface area contributed by atoms with Crippen molar-refractivity contribution < 1.29 is 14.3 Å². The second-order valence-corrected chi connectivity index (χ2v) is 4.63. The van der Waals surface area contributed by atoms with Gasteiger partial charge in [-0.05, 0) is 35.6 Å². The minimum Gasteiger partial charge on any atom is -0.459 e. The quantitative estimate of drug-likeness (QED) is 0.612. The van der Waals surface area contributed by atoms with Crippen molar-refractivity contribution in [1.82, 2.24) is 4.98 Å². The average Bonchev–Trinajstić information content (AvgIpc) is 2.26. The lowest BCUT2D eigenvalue weighted by Crippen LogP contribution is -2.17. The van der Waals surface area contributed by atoms with Crippen LogP contribution in [0.2, 0.25) is 0 Å². The van der Waals surface area contributed by atoms with Gasteiger partial charge >= 0.3 is 5.97 Å². The third-order valence-electron chi connectivity index (χ3n) is 1.98. The van der Waals surface area contributed by atoms with Gasteiger partial charge in [-0.3, -0.25) is 4.98 Å². The second kappa shape index (κ2) is 6.80. The normalized spacial score (nSPS) is 12.2. The molecular formula is C11H14INO3. The molecule has 16 heavy (non-hydrogen) atoms. The molecule has 0 unspecified atom stereocenters. The molecule has 0 radical (unpaired) electrons. The summed E-state index contributed by atoms with van der Waals surface area (Å²) in [6.07, 6.45) is 3.74. The van der Waals surface area contributed by atoms with Crippen LogP contribution in [0.1, 0.15) is 23.7 Å². The monoisotopic (exact) mass is 335 g/mol. The first-order valence-electron chi connectivity index (χ1n) is 4.94. The SMILES string of the molecule is COCC[C@@H](C)OC(=O)c1cncc(I)c1. The zero-order chi connectivity index (χ0) is 12.0. The summed E-state index contributed by atoms with van der Waals surface area (Å²) in [5.74, 6) is -0.338. The van der Waals surface area contributed by atoms with Crippen LogP contribution in [0.4, 0.5) is 0 Å². The summed E-state index contributed by atoms with van der Waals surface area (Å²) in [5, 5.41) is 0. The van der Waals surface area contributed by atoms with Gasteiger partial charge in [0, 0.05) is 36.1 Å². The molecule has 0 aromatic carbocycles. The lowest BCUT2D eigenvalue weighted by atomic mass is 10.2. The van der Waals surface area contributed by atoms with E-state index in [0.717, 1.165) is 3.57 Å². The minimum absolute atomic E-state index is 0.148. The van der Waals surface area contributed by atoms with E-state index in [9.17, 15) is 4.79 Å². The van der Waals surface area contributed by atoms with Crippen LogP contribution in [0.3, 0.4) is 0 Å². The molecule has 1 rings (SSSR count). The Bertz CT molecular complexity index is 357. The number of nitrogens with zero attached hydrogens (tertiary/aromatic N) is 1. The fourth-order valence-electron chi connectivity index (χ4n) is 1.12. The first-order valence-corrected chi connectivity index (χ1v) is 6.02. The zero-order valence-electron chi connectivity index (χ0n) is 9.27. The molecule has 0 aliphatic carbocycles. The van der Waals surface area contributed by atoms with Crippen LogP contribution in [-0.4, -0.2) is 30.8 Å². The average molecular weight is 335 g/mol. The van der Waals surface area contributed by atoms with Crippen LogP contribution in [0, 0.1) is 3.57 Å². The Morgan fingerprint density at radius 3 is 2.94 bits per heavy atom. The number of aromatic nitrogens is 1. The third kappa shape index (κ3) is 4.44. The van der Waals surface area contributed by atoms with Gasteiger partial charge in [0.15, 0.2) is 0 Å². The van der Waals surface area contributed by atoms with Gasteiger partial charge in [0.2, 0.25) is 0 Å².